The molecule has 0 spiro atoms. The number of pyridine rings is 1. The highest BCUT2D eigenvalue weighted by atomic mass is 19.1. The highest BCUT2D eigenvalue weighted by Gasteiger charge is 2.28. The lowest BCUT2D eigenvalue weighted by Gasteiger charge is -2.28. The maximum Gasteiger partial charge on any atom is 0.137 e. The number of nitrogens with zero attached hydrogens (tertiary/aromatic N) is 2. The van der Waals surface area contributed by atoms with Crippen molar-refractivity contribution in [1.82, 2.24) is 9.97 Å². The normalized spacial score (nSPS) is 23.7. The Morgan fingerprint density at radius 3 is 2.61 bits per heavy atom. The Morgan fingerprint density at radius 2 is 1.84 bits per heavy atom. The molecule has 0 saturated heterocycles. The number of rotatable bonds is 6. The minimum atomic E-state index is -0.229. The molecule has 0 amide bonds. The van der Waals surface area contributed by atoms with Gasteiger partial charge < -0.3 is 9.72 Å². The number of aromatic nitrogens is 2. The van der Waals surface area contributed by atoms with Crippen LogP contribution < -0.4 is 0 Å². The summed E-state index contributed by atoms with van der Waals surface area (Å²) in [7, 11) is 1.82. The predicted molar refractivity (Wildman–Crippen MR) is 123 cm³/mol. The second kappa shape index (κ2) is 8.75. The van der Waals surface area contributed by atoms with Gasteiger partial charge in [0.1, 0.15) is 11.5 Å². The fourth-order valence-electron chi connectivity index (χ4n) is 5.14. The van der Waals surface area contributed by atoms with Crippen LogP contribution in [0.1, 0.15) is 49.7 Å². The van der Waals surface area contributed by atoms with Crippen molar-refractivity contribution in [1.29, 1.82) is 0 Å². The number of aliphatic imine (C=N–C) groups is 1. The summed E-state index contributed by atoms with van der Waals surface area (Å²) in [5.41, 5.74) is 5.17. The molecule has 1 atom stereocenters. The Balaban J connectivity index is 1.46. The molecule has 5 heteroatoms. The zero-order valence-corrected chi connectivity index (χ0v) is 17.9. The van der Waals surface area contributed by atoms with E-state index in [1.54, 1.807) is 0 Å². The number of hydrogen-bond acceptors (Lipinski definition) is 3. The number of allylic oxidation sites excluding steroid dienone is 1. The molecule has 1 saturated carbocycles. The molecule has 2 aliphatic rings. The molecule has 1 aliphatic carbocycles. The molecular weight excluding hydrogens is 389 g/mol. The Labute approximate surface area is 182 Å². The Kier molecular flexibility index (Phi) is 5.68. The number of hydrogen-bond donors (Lipinski definition) is 1. The average Bonchev–Trinajstić information content (AvgIpc) is 3.45. The topological polar surface area (TPSA) is 50.3 Å². The quantitative estimate of drug-likeness (QED) is 0.515. The molecule has 1 aliphatic heterocycles. The van der Waals surface area contributed by atoms with Crippen molar-refractivity contribution in [3.63, 3.8) is 0 Å². The van der Waals surface area contributed by atoms with Gasteiger partial charge in [0.2, 0.25) is 0 Å². The second-order valence-electron chi connectivity index (χ2n) is 8.71. The number of aromatic amines is 1. The van der Waals surface area contributed by atoms with E-state index < -0.39 is 0 Å². The number of ether oxygens (including phenoxy) is 1. The van der Waals surface area contributed by atoms with E-state index in [0.29, 0.717) is 6.10 Å². The summed E-state index contributed by atoms with van der Waals surface area (Å²) in [6, 6.07) is 10.8. The van der Waals surface area contributed by atoms with Crippen LogP contribution in [0.4, 0.5) is 4.39 Å². The van der Waals surface area contributed by atoms with Crippen LogP contribution in [0.2, 0.25) is 0 Å². The largest absolute Gasteiger partial charge is 0.381 e. The monoisotopic (exact) mass is 417 g/mol. The SMILES string of the molecule is CO[C@H]1CC[C@H](CCC2C=NC(c3ccc(F)cc3)=C2c2ccnc3[nH]ccc23)CC1. The lowest BCUT2D eigenvalue weighted by Crippen LogP contribution is -2.21. The van der Waals surface area contributed by atoms with Crippen molar-refractivity contribution in [2.75, 3.05) is 7.11 Å². The third kappa shape index (κ3) is 4.07. The summed E-state index contributed by atoms with van der Waals surface area (Å²) in [6.07, 6.45) is 13.4. The van der Waals surface area contributed by atoms with Crippen LogP contribution in [-0.4, -0.2) is 29.4 Å². The van der Waals surface area contributed by atoms with Crippen LogP contribution in [-0.2, 0) is 4.74 Å². The minimum Gasteiger partial charge on any atom is -0.381 e. The van der Waals surface area contributed by atoms with Gasteiger partial charge in [-0.25, -0.2) is 9.37 Å². The zero-order chi connectivity index (χ0) is 21.2. The number of halogens is 1. The molecule has 0 radical (unpaired) electrons. The Hall–Kier alpha value is -2.79. The second-order valence-corrected chi connectivity index (χ2v) is 8.71. The molecule has 1 aromatic carbocycles. The molecule has 0 bridgehead atoms. The molecule has 1 N–H and O–H groups in total. The molecule has 1 fully saturated rings. The Bertz CT molecular complexity index is 1110. The van der Waals surface area contributed by atoms with Gasteiger partial charge >= 0.3 is 0 Å². The molecule has 160 valence electrons. The van der Waals surface area contributed by atoms with Gasteiger partial charge in [-0.1, -0.05) is 0 Å². The van der Waals surface area contributed by atoms with Gasteiger partial charge in [-0.05, 0) is 92.0 Å². The predicted octanol–water partition coefficient (Wildman–Crippen LogP) is 6.26. The molecule has 2 aromatic heterocycles. The van der Waals surface area contributed by atoms with Crippen molar-refractivity contribution in [2.45, 2.75) is 44.6 Å². The van der Waals surface area contributed by atoms with Crippen LogP contribution in [0.5, 0.6) is 0 Å². The summed E-state index contributed by atoms with van der Waals surface area (Å²) >= 11 is 0. The molecule has 3 heterocycles. The molecule has 1 unspecified atom stereocenters. The maximum absolute atomic E-state index is 13.5. The van der Waals surface area contributed by atoms with E-state index in [4.69, 9.17) is 9.73 Å². The van der Waals surface area contributed by atoms with Crippen molar-refractivity contribution < 1.29 is 9.13 Å². The lowest BCUT2D eigenvalue weighted by molar-refractivity contribution is 0.0551. The third-order valence-electron chi connectivity index (χ3n) is 6.89. The smallest absolute Gasteiger partial charge is 0.137 e. The zero-order valence-electron chi connectivity index (χ0n) is 17.9. The molecule has 4 nitrogen and oxygen atoms in total. The van der Waals surface area contributed by atoms with Crippen LogP contribution in [0.3, 0.4) is 0 Å². The van der Waals surface area contributed by atoms with E-state index in [9.17, 15) is 4.39 Å². The lowest BCUT2D eigenvalue weighted by atomic mass is 9.80. The van der Waals surface area contributed by atoms with Crippen molar-refractivity contribution in [3.8, 4) is 0 Å². The van der Waals surface area contributed by atoms with Crippen LogP contribution in [0.25, 0.3) is 22.3 Å². The summed E-state index contributed by atoms with van der Waals surface area (Å²) in [5.74, 6) is 0.773. The van der Waals surface area contributed by atoms with Gasteiger partial charge in [-0.3, -0.25) is 4.99 Å². The maximum atomic E-state index is 13.5. The molecule has 31 heavy (non-hydrogen) atoms. The van der Waals surface area contributed by atoms with E-state index in [1.807, 2.05) is 31.6 Å². The first-order valence-corrected chi connectivity index (χ1v) is 11.2. The van der Waals surface area contributed by atoms with E-state index in [-0.39, 0.29) is 11.7 Å². The van der Waals surface area contributed by atoms with Gasteiger partial charge in [0.15, 0.2) is 0 Å². The molecule has 3 aromatic rings. The number of benzene rings is 1. The number of methoxy groups -OCH3 is 1. The average molecular weight is 418 g/mol. The summed E-state index contributed by atoms with van der Waals surface area (Å²) in [5, 5.41) is 1.10. The minimum absolute atomic E-state index is 0.229. The van der Waals surface area contributed by atoms with E-state index in [0.717, 1.165) is 53.0 Å². The number of nitrogens with one attached hydrogen (secondary N) is 1. The highest BCUT2D eigenvalue weighted by molar-refractivity contribution is 6.08. The molecule has 5 rings (SSSR count). The summed E-state index contributed by atoms with van der Waals surface area (Å²) < 4.78 is 19.1. The van der Waals surface area contributed by atoms with Gasteiger partial charge in [0, 0.05) is 42.6 Å². The first-order chi connectivity index (χ1) is 15.2. The summed E-state index contributed by atoms with van der Waals surface area (Å²) in [6.45, 7) is 0. The highest BCUT2D eigenvalue weighted by Crippen LogP contribution is 2.42. The van der Waals surface area contributed by atoms with Crippen molar-refractivity contribution in [3.05, 3.63) is 65.7 Å². The van der Waals surface area contributed by atoms with Gasteiger partial charge in [-0.2, -0.15) is 0 Å². The fraction of sp³-hybridized carbons (Fsp3) is 0.385. The van der Waals surface area contributed by atoms with E-state index >= 15 is 0 Å². The van der Waals surface area contributed by atoms with Crippen molar-refractivity contribution in [2.24, 2.45) is 16.8 Å². The standard InChI is InChI=1S/C26H28FN3O/c1-31-21-10-3-17(4-11-21)2-5-19-16-30-25(18-6-8-20(27)9-7-18)24(19)22-12-14-28-26-23(22)13-15-29-26/h6-9,12-17,19,21H,2-5,10-11H2,1H3,(H,28,29)/t17-,19?,21-. The van der Waals surface area contributed by atoms with Gasteiger partial charge in [0.25, 0.3) is 0 Å². The molecular formula is C26H28FN3O. The van der Waals surface area contributed by atoms with E-state index in [2.05, 4.69) is 28.3 Å². The number of fused-ring (bicyclic) bond motifs is 1. The van der Waals surface area contributed by atoms with E-state index in [1.165, 1.54) is 37.0 Å². The third-order valence-corrected chi connectivity index (χ3v) is 6.89. The van der Waals surface area contributed by atoms with Crippen LogP contribution >= 0.6 is 0 Å². The first-order valence-electron chi connectivity index (χ1n) is 11.2. The van der Waals surface area contributed by atoms with Crippen LogP contribution in [0.15, 0.2) is 53.8 Å². The summed E-state index contributed by atoms with van der Waals surface area (Å²) in [4.78, 5) is 12.5. The van der Waals surface area contributed by atoms with Crippen molar-refractivity contribution >= 4 is 28.5 Å². The first kappa shape index (κ1) is 20.1. The fourth-order valence-corrected chi connectivity index (χ4v) is 5.14. The number of H-pyrrole nitrogens is 1. The van der Waals surface area contributed by atoms with Gasteiger partial charge in [0.05, 0.1) is 11.8 Å². The Morgan fingerprint density at radius 1 is 1.03 bits per heavy atom. The van der Waals surface area contributed by atoms with Crippen LogP contribution in [0, 0.1) is 17.7 Å². The van der Waals surface area contributed by atoms with Gasteiger partial charge in [-0.15, -0.1) is 0 Å².